The number of benzene rings is 1. The predicted octanol–water partition coefficient (Wildman–Crippen LogP) is 3.43. The zero-order valence-electron chi connectivity index (χ0n) is 15.0. The minimum Gasteiger partial charge on any atom is -0.481 e. The van der Waals surface area contributed by atoms with E-state index in [9.17, 15) is 9.18 Å². The summed E-state index contributed by atoms with van der Waals surface area (Å²) < 4.78 is 20.8. The number of aromatic nitrogens is 1. The number of hydrazone groups is 1. The second-order valence-electron chi connectivity index (χ2n) is 6.34. The molecule has 0 bridgehead atoms. The standard InChI is InChI=1S/C19H24FN3O2/c1-13(2)11-23-14(3)9-16(15(23)4)10-21-22-19(24)12-25-18-8-6-5-7-17(18)20/h5-10,13H,11-12H2,1-4H3,(H,22,24)/b21-10-. The maximum Gasteiger partial charge on any atom is 0.277 e. The van der Waals surface area contributed by atoms with Crippen molar-refractivity contribution in [3.8, 4) is 5.75 Å². The Labute approximate surface area is 147 Å². The van der Waals surface area contributed by atoms with Gasteiger partial charge in [-0.25, -0.2) is 9.82 Å². The molecular weight excluding hydrogens is 321 g/mol. The van der Waals surface area contributed by atoms with Gasteiger partial charge in [-0.05, 0) is 38.0 Å². The van der Waals surface area contributed by atoms with Gasteiger partial charge in [-0.2, -0.15) is 5.10 Å². The van der Waals surface area contributed by atoms with Gasteiger partial charge in [-0.1, -0.05) is 26.0 Å². The summed E-state index contributed by atoms with van der Waals surface area (Å²) in [5.74, 6) is -0.365. The lowest BCUT2D eigenvalue weighted by atomic mass is 10.2. The van der Waals surface area contributed by atoms with Crippen LogP contribution in [-0.2, 0) is 11.3 Å². The number of nitrogens with one attached hydrogen (secondary N) is 1. The Balaban J connectivity index is 1.90. The molecule has 0 fully saturated rings. The van der Waals surface area contributed by atoms with Gasteiger partial charge < -0.3 is 9.30 Å². The van der Waals surface area contributed by atoms with Gasteiger partial charge in [0, 0.05) is 23.5 Å². The van der Waals surface area contributed by atoms with Crippen LogP contribution in [0.4, 0.5) is 4.39 Å². The van der Waals surface area contributed by atoms with Crippen molar-refractivity contribution in [2.75, 3.05) is 6.61 Å². The number of rotatable bonds is 7. The van der Waals surface area contributed by atoms with Gasteiger partial charge in [0.1, 0.15) is 0 Å². The Morgan fingerprint density at radius 2 is 2.08 bits per heavy atom. The van der Waals surface area contributed by atoms with Crippen molar-refractivity contribution in [1.82, 2.24) is 9.99 Å². The van der Waals surface area contributed by atoms with E-state index in [1.54, 1.807) is 18.3 Å². The number of nitrogens with zero attached hydrogens (tertiary/aromatic N) is 2. The third-order valence-corrected chi connectivity index (χ3v) is 3.75. The van der Waals surface area contributed by atoms with Crippen LogP contribution in [0.25, 0.3) is 0 Å². The molecule has 1 heterocycles. The first kappa shape index (κ1) is 18.7. The minimum absolute atomic E-state index is 0.0406. The van der Waals surface area contributed by atoms with E-state index >= 15 is 0 Å². The molecule has 2 rings (SSSR count). The Bertz CT molecular complexity index is 766. The largest absolute Gasteiger partial charge is 0.481 e. The van der Waals surface area contributed by atoms with Gasteiger partial charge in [0.2, 0.25) is 0 Å². The number of hydrogen-bond acceptors (Lipinski definition) is 3. The molecule has 25 heavy (non-hydrogen) atoms. The number of carbonyl (C=O) groups excluding carboxylic acids is 1. The average molecular weight is 345 g/mol. The normalized spacial score (nSPS) is 11.3. The maximum atomic E-state index is 13.4. The van der Waals surface area contributed by atoms with E-state index < -0.39 is 11.7 Å². The highest BCUT2D eigenvalue weighted by atomic mass is 19.1. The summed E-state index contributed by atoms with van der Waals surface area (Å²) in [6, 6.07) is 7.97. The zero-order valence-corrected chi connectivity index (χ0v) is 15.0. The highest BCUT2D eigenvalue weighted by molar-refractivity contribution is 5.84. The van der Waals surface area contributed by atoms with Gasteiger partial charge in [0.25, 0.3) is 5.91 Å². The van der Waals surface area contributed by atoms with E-state index in [0.29, 0.717) is 5.92 Å². The molecule has 134 valence electrons. The molecule has 5 nitrogen and oxygen atoms in total. The molecule has 0 aliphatic heterocycles. The Morgan fingerprint density at radius 1 is 1.36 bits per heavy atom. The molecule has 1 amide bonds. The summed E-state index contributed by atoms with van der Waals surface area (Å²) >= 11 is 0. The average Bonchev–Trinajstić information content (AvgIpc) is 2.81. The summed E-state index contributed by atoms with van der Waals surface area (Å²) in [4.78, 5) is 11.7. The van der Waals surface area contributed by atoms with E-state index in [2.05, 4.69) is 28.9 Å². The molecule has 2 aromatic rings. The molecule has 1 aromatic heterocycles. The summed E-state index contributed by atoms with van der Waals surface area (Å²) in [5, 5.41) is 3.96. The van der Waals surface area contributed by atoms with Gasteiger partial charge in [0.15, 0.2) is 18.2 Å². The van der Waals surface area contributed by atoms with E-state index in [1.807, 2.05) is 19.9 Å². The van der Waals surface area contributed by atoms with Gasteiger partial charge in [-0.15, -0.1) is 0 Å². The topological polar surface area (TPSA) is 55.6 Å². The van der Waals surface area contributed by atoms with Crippen LogP contribution in [0, 0.1) is 25.6 Å². The van der Waals surface area contributed by atoms with Crippen LogP contribution in [0.2, 0.25) is 0 Å². The molecule has 0 saturated carbocycles. The summed E-state index contributed by atoms with van der Waals surface area (Å²) in [5.41, 5.74) is 5.60. The third-order valence-electron chi connectivity index (χ3n) is 3.75. The fraction of sp³-hybridized carbons (Fsp3) is 0.368. The van der Waals surface area contributed by atoms with Crippen molar-refractivity contribution < 1.29 is 13.9 Å². The lowest BCUT2D eigenvalue weighted by molar-refractivity contribution is -0.123. The third kappa shape index (κ3) is 5.17. The first-order valence-electron chi connectivity index (χ1n) is 8.24. The molecular formula is C19H24FN3O2. The van der Waals surface area contributed by atoms with E-state index in [4.69, 9.17) is 4.74 Å². The quantitative estimate of drug-likeness (QED) is 0.617. The van der Waals surface area contributed by atoms with Crippen LogP contribution >= 0.6 is 0 Å². The maximum absolute atomic E-state index is 13.4. The molecule has 6 heteroatoms. The van der Waals surface area contributed by atoms with Gasteiger partial charge in [0.05, 0.1) is 6.21 Å². The molecule has 1 aromatic carbocycles. The Morgan fingerprint density at radius 3 is 2.76 bits per heavy atom. The van der Waals surface area contributed by atoms with Crippen molar-refractivity contribution in [3.63, 3.8) is 0 Å². The first-order chi connectivity index (χ1) is 11.9. The molecule has 0 unspecified atom stereocenters. The number of hydrogen-bond donors (Lipinski definition) is 1. The second kappa shape index (κ2) is 8.46. The molecule has 0 atom stereocenters. The van der Waals surface area contributed by atoms with E-state index in [0.717, 1.165) is 23.5 Å². The van der Waals surface area contributed by atoms with Crippen LogP contribution in [0.1, 0.15) is 30.8 Å². The Kier molecular flexibility index (Phi) is 6.33. The van der Waals surface area contributed by atoms with Gasteiger partial charge in [-0.3, -0.25) is 4.79 Å². The SMILES string of the molecule is Cc1cc(/C=N\NC(=O)COc2ccccc2F)c(C)n1CC(C)C. The molecule has 0 aliphatic carbocycles. The second-order valence-corrected chi connectivity index (χ2v) is 6.34. The predicted molar refractivity (Wildman–Crippen MR) is 96.4 cm³/mol. The van der Waals surface area contributed by atoms with Crippen LogP contribution < -0.4 is 10.2 Å². The number of carbonyl (C=O) groups is 1. The first-order valence-corrected chi connectivity index (χ1v) is 8.24. The number of ether oxygens (including phenoxy) is 1. The molecule has 0 radical (unpaired) electrons. The zero-order chi connectivity index (χ0) is 18.4. The molecule has 0 saturated heterocycles. The fourth-order valence-corrected chi connectivity index (χ4v) is 2.52. The van der Waals surface area contributed by atoms with Crippen LogP contribution in [0.3, 0.4) is 0 Å². The lowest BCUT2D eigenvalue weighted by Crippen LogP contribution is -2.24. The van der Waals surface area contributed by atoms with Crippen molar-refractivity contribution in [2.24, 2.45) is 11.0 Å². The van der Waals surface area contributed by atoms with Crippen molar-refractivity contribution in [1.29, 1.82) is 0 Å². The van der Waals surface area contributed by atoms with Crippen molar-refractivity contribution >= 4 is 12.1 Å². The Hall–Kier alpha value is -2.63. The smallest absolute Gasteiger partial charge is 0.277 e. The lowest BCUT2D eigenvalue weighted by Gasteiger charge is -2.11. The number of para-hydroxylation sites is 1. The molecule has 0 aliphatic rings. The summed E-state index contributed by atoms with van der Waals surface area (Å²) in [6.07, 6.45) is 1.61. The summed E-state index contributed by atoms with van der Waals surface area (Å²) in [6.45, 7) is 9.05. The van der Waals surface area contributed by atoms with Gasteiger partial charge >= 0.3 is 0 Å². The highest BCUT2D eigenvalue weighted by Crippen LogP contribution is 2.16. The van der Waals surface area contributed by atoms with E-state index in [-0.39, 0.29) is 12.4 Å². The van der Waals surface area contributed by atoms with Crippen LogP contribution in [0.5, 0.6) is 5.75 Å². The number of halogens is 1. The molecule has 0 spiro atoms. The van der Waals surface area contributed by atoms with Crippen LogP contribution in [-0.4, -0.2) is 23.3 Å². The van der Waals surface area contributed by atoms with E-state index in [1.165, 1.54) is 12.1 Å². The minimum atomic E-state index is -0.503. The van der Waals surface area contributed by atoms with Crippen LogP contribution in [0.15, 0.2) is 35.4 Å². The fourth-order valence-electron chi connectivity index (χ4n) is 2.52. The van der Waals surface area contributed by atoms with Crippen molar-refractivity contribution in [3.05, 3.63) is 53.1 Å². The summed E-state index contributed by atoms with van der Waals surface area (Å²) in [7, 11) is 0. The van der Waals surface area contributed by atoms with Crippen molar-refractivity contribution in [2.45, 2.75) is 34.2 Å². The highest BCUT2D eigenvalue weighted by Gasteiger charge is 2.09. The monoisotopic (exact) mass is 345 g/mol. The number of aryl methyl sites for hydroxylation is 1. The molecule has 1 N–H and O–H groups in total. The number of amides is 1.